The average Bonchev–Trinajstić information content (AvgIpc) is 3.14. The second-order valence-corrected chi connectivity index (χ2v) is 5.56. The van der Waals surface area contributed by atoms with Gasteiger partial charge in [-0.2, -0.15) is 5.10 Å². The SMILES string of the molecule is O=C(c1ccc(Cn2cncn2)cc1)N1CCOc2ccccc21. The Kier molecular flexibility index (Phi) is 3.70. The second kappa shape index (κ2) is 6.16. The first-order valence-corrected chi connectivity index (χ1v) is 7.76. The molecule has 120 valence electrons. The fourth-order valence-corrected chi connectivity index (χ4v) is 2.79. The zero-order valence-electron chi connectivity index (χ0n) is 13.0. The smallest absolute Gasteiger partial charge is 0.258 e. The summed E-state index contributed by atoms with van der Waals surface area (Å²) in [5.41, 5.74) is 2.55. The van der Waals surface area contributed by atoms with Crippen molar-refractivity contribution in [3.63, 3.8) is 0 Å². The van der Waals surface area contributed by atoms with Crippen LogP contribution in [0.25, 0.3) is 0 Å². The number of rotatable bonds is 3. The minimum Gasteiger partial charge on any atom is -0.490 e. The normalized spacial score (nSPS) is 13.2. The minimum absolute atomic E-state index is 0.0157. The molecule has 0 N–H and O–H groups in total. The monoisotopic (exact) mass is 320 g/mol. The van der Waals surface area contributed by atoms with Crippen LogP contribution in [0.2, 0.25) is 0 Å². The molecule has 0 saturated heterocycles. The zero-order chi connectivity index (χ0) is 16.4. The standard InChI is InChI=1S/C18H16N4O2/c23-18(22-9-10-24-17-4-2-1-3-16(17)22)15-7-5-14(6-8-15)11-21-13-19-12-20-21/h1-8,12-13H,9-11H2. The molecule has 1 amide bonds. The van der Waals surface area contributed by atoms with Gasteiger partial charge in [0.05, 0.1) is 18.8 Å². The molecule has 6 nitrogen and oxygen atoms in total. The van der Waals surface area contributed by atoms with E-state index in [1.54, 1.807) is 15.9 Å². The van der Waals surface area contributed by atoms with Crippen molar-refractivity contribution in [2.24, 2.45) is 0 Å². The molecule has 2 heterocycles. The Morgan fingerprint density at radius 3 is 2.75 bits per heavy atom. The highest BCUT2D eigenvalue weighted by Crippen LogP contribution is 2.31. The van der Waals surface area contributed by atoms with Gasteiger partial charge in [-0.3, -0.25) is 4.79 Å². The van der Waals surface area contributed by atoms with Crippen molar-refractivity contribution >= 4 is 11.6 Å². The molecule has 0 saturated carbocycles. The Morgan fingerprint density at radius 1 is 1.12 bits per heavy atom. The highest BCUT2D eigenvalue weighted by Gasteiger charge is 2.24. The fourth-order valence-electron chi connectivity index (χ4n) is 2.79. The second-order valence-electron chi connectivity index (χ2n) is 5.56. The molecule has 0 aliphatic carbocycles. The van der Waals surface area contributed by atoms with Gasteiger partial charge in [-0.1, -0.05) is 24.3 Å². The van der Waals surface area contributed by atoms with E-state index in [9.17, 15) is 4.79 Å². The zero-order valence-corrected chi connectivity index (χ0v) is 13.0. The Hall–Kier alpha value is -3.15. The van der Waals surface area contributed by atoms with Crippen molar-refractivity contribution in [1.29, 1.82) is 0 Å². The van der Waals surface area contributed by atoms with Crippen molar-refractivity contribution in [3.8, 4) is 5.75 Å². The molecule has 4 rings (SSSR count). The van der Waals surface area contributed by atoms with E-state index >= 15 is 0 Å². The largest absolute Gasteiger partial charge is 0.490 e. The number of carbonyl (C=O) groups is 1. The minimum atomic E-state index is -0.0157. The first-order chi connectivity index (χ1) is 11.8. The van der Waals surface area contributed by atoms with Gasteiger partial charge >= 0.3 is 0 Å². The average molecular weight is 320 g/mol. The number of carbonyl (C=O) groups excluding carboxylic acids is 1. The molecule has 1 aliphatic heterocycles. The number of nitrogens with zero attached hydrogens (tertiary/aromatic N) is 4. The van der Waals surface area contributed by atoms with Crippen LogP contribution in [0.3, 0.4) is 0 Å². The number of hydrogen-bond acceptors (Lipinski definition) is 4. The summed E-state index contributed by atoms with van der Waals surface area (Å²) < 4.78 is 7.35. The lowest BCUT2D eigenvalue weighted by Crippen LogP contribution is -2.37. The van der Waals surface area contributed by atoms with Gasteiger partial charge in [0, 0.05) is 5.56 Å². The summed E-state index contributed by atoms with van der Waals surface area (Å²) in [5, 5.41) is 4.08. The molecule has 1 aliphatic rings. The van der Waals surface area contributed by atoms with Gasteiger partial charge in [0.15, 0.2) is 0 Å². The van der Waals surface area contributed by atoms with E-state index < -0.39 is 0 Å². The molecule has 24 heavy (non-hydrogen) atoms. The first-order valence-electron chi connectivity index (χ1n) is 7.76. The molecule has 0 fully saturated rings. The van der Waals surface area contributed by atoms with Crippen LogP contribution in [0.5, 0.6) is 5.75 Å². The summed E-state index contributed by atoms with van der Waals surface area (Å²) in [6.07, 6.45) is 3.18. The number of ether oxygens (including phenoxy) is 1. The number of hydrogen-bond donors (Lipinski definition) is 0. The lowest BCUT2D eigenvalue weighted by molar-refractivity contribution is 0.0976. The summed E-state index contributed by atoms with van der Waals surface area (Å²) in [4.78, 5) is 18.5. The Labute approximate surface area is 139 Å². The summed E-state index contributed by atoms with van der Waals surface area (Å²) >= 11 is 0. The van der Waals surface area contributed by atoms with Crippen LogP contribution in [0.1, 0.15) is 15.9 Å². The third kappa shape index (κ3) is 2.74. The van der Waals surface area contributed by atoms with Gasteiger partial charge in [-0.05, 0) is 29.8 Å². The van der Waals surface area contributed by atoms with Gasteiger partial charge in [0.1, 0.15) is 25.0 Å². The highest BCUT2D eigenvalue weighted by atomic mass is 16.5. The van der Waals surface area contributed by atoms with Crippen LogP contribution in [-0.4, -0.2) is 33.8 Å². The number of para-hydroxylation sites is 2. The fraction of sp³-hybridized carbons (Fsp3) is 0.167. The van der Waals surface area contributed by atoms with Crippen molar-refractivity contribution in [1.82, 2.24) is 14.8 Å². The van der Waals surface area contributed by atoms with Gasteiger partial charge in [0.25, 0.3) is 5.91 Å². The van der Waals surface area contributed by atoms with E-state index in [-0.39, 0.29) is 5.91 Å². The summed E-state index contributed by atoms with van der Waals surface area (Å²) in [6, 6.07) is 15.2. The molecule has 2 aromatic carbocycles. The maximum atomic E-state index is 12.8. The van der Waals surface area contributed by atoms with Crippen LogP contribution in [0.15, 0.2) is 61.2 Å². The molecule has 1 aromatic heterocycles. The number of fused-ring (bicyclic) bond motifs is 1. The Balaban J connectivity index is 1.55. The van der Waals surface area contributed by atoms with Crippen LogP contribution in [-0.2, 0) is 6.54 Å². The van der Waals surface area contributed by atoms with Gasteiger partial charge in [-0.25, -0.2) is 9.67 Å². The van der Waals surface area contributed by atoms with Gasteiger partial charge in [-0.15, -0.1) is 0 Å². The van der Waals surface area contributed by atoms with Crippen LogP contribution >= 0.6 is 0 Å². The molecule has 0 atom stereocenters. The lowest BCUT2D eigenvalue weighted by Gasteiger charge is -2.29. The lowest BCUT2D eigenvalue weighted by atomic mass is 10.1. The first kappa shape index (κ1) is 14.4. The van der Waals surface area contributed by atoms with E-state index in [1.165, 1.54) is 6.33 Å². The van der Waals surface area contributed by atoms with Crippen molar-refractivity contribution in [2.75, 3.05) is 18.1 Å². The third-order valence-electron chi connectivity index (χ3n) is 3.99. The Morgan fingerprint density at radius 2 is 1.96 bits per heavy atom. The molecule has 0 bridgehead atoms. The number of aromatic nitrogens is 3. The number of anilines is 1. The van der Waals surface area contributed by atoms with Crippen LogP contribution in [0.4, 0.5) is 5.69 Å². The highest BCUT2D eigenvalue weighted by molar-refractivity contribution is 6.07. The molecule has 6 heteroatoms. The topological polar surface area (TPSA) is 60.2 Å². The van der Waals surface area contributed by atoms with E-state index in [0.717, 1.165) is 17.0 Å². The Bertz CT molecular complexity index is 844. The van der Waals surface area contributed by atoms with Crippen molar-refractivity contribution < 1.29 is 9.53 Å². The summed E-state index contributed by atoms with van der Waals surface area (Å²) in [6.45, 7) is 1.69. The van der Waals surface area contributed by atoms with Crippen molar-refractivity contribution in [2.45, 2.75) is 6.54 Å². The molecular weight excluding hydrogens is 304 g/mol. The van der Waals surface area contributed by atoms with Crippen molar-refractivity contribution in [3.05, 3.63) is 72.3 Å². The third-order valence-corrected chi connectivity index (χ3v) is 3.99. The number of benzene rings is 2. The summed E-state index contributed by atoms with van der Waals surface area (Å²) in [5.74, 6) is 0.734. The molecule has 0 radical (unpaired) electrons. The van der Waals surface area contributed by atoms with Crippen LogP contribution in [0, 0.1) is 0 Å². The van der Waals surface area contributed by atoms with Gasteiger partial charge in [0.2, 0.25) is 0 Å². The van der Waals surface area contributed by atoms with Crippen LogP contribution < -0.4 is 9.64 Å². The maximum absolute atomic E-state index is 12.8. The molecular formula is C18H16N4O2. The predicted molar refractivity (Wildman–Crippen MR) is 89.2 cm³/mol. The molecule has 0 spiro atoms. The molecule has 3 aromatic rings. The quantitative estimate of drug-likeness (QED) is 0.743. The number of amides is 1. The van der Waals surface area contributed by atoms with E-state index in [4.69, 9.17) is 4.74 Å². The van der Waals surface area contributed by atoms with E-state index in [2.05, 4.69) is 10.1 Å². The van der Waals surface area contributed by atoms with E-state index in [1.807, 2.05) is 48.5 Å². The summed E-state index contributed by atoms with van der Waals surface area (Å²) in [7, 11) is 0. The van der Waals surface area contributed by atoms with E-state index in [0.29, 0.717) is 25.3 Å². The maximum Gasteiger partial charge on any atom is 0.258 e. The van der Waals surface area contributed by atoms with Gasteiger partial charge < -0.3 is 9.64 Å². The predicted octanol–water partition coefficient (Wildman–Crippen LogP) is 2.37. The molecule has 0 unspecified atom stereocenters.